The number of aromatic nitrogens is 2. The molecule has 0 radical (unpaired) electrons. The van der Waals surface area contributed by atoms with Gasteiger partial charge in [0.05, 0.1) is 12.1 Å². The Morgan fingerprint density at radius 2 is 1.29 bits per heavy atom. The van der Waals surface area contributed by atoms with Gasteiger partial charge in [0.25, 0.3) is 5.91 Å². The van der Waals surface area contributed by atoms with Crippen LogP contribution in [0.5, 0.6) is 5.75 Å². The van der Waals surface area contributed by atoms with E-state index >= 15 is 0 Å². The summed E-state index contributed by atoms with van der Waals surface area (Å²) in [6, 6.07) is 3.25. The van der Waals surface area contributed by atoms with E-state index in [9.17, 15) is 48.7 Å². The topological polar surface area (TPSA) is 69.3 Å². The number of nitrogens with zero attached hydrogens (tertiary/aromatic N) is 2. The van der Waals surface area contributed by atoms with Gasteiger partial charge in [-0.15, -0.1) is 0 Å². The zero-order valence-corrected chi connectivity index (χ0v) is 18.1. The molecule has 4 aromatic rings. The van der Waals surface area contributed by atoms with E-state index in [0.29, 0.717) is 0 Å². The summed E-state index contributed by atoms with van der Waals surface area (Å²) in [5.74, 6) is -25.5. The number of hydrogen-bond acceptors (Lipinski definition) is 4. The maximum Gasteiger partial charge on any atom is 0.292 e. The van der Waals surface area contributed by atoms with E-state index < -0.39 is 94.3 Å². The summed E-state index contributed by atoms with van der Waals surface area (Å²) in [7, 11) is 0. The van der Waals surface area contributed by atoms with Gasteiger partial charge in [-0.3, -0.25) is 9.48 Å². The van der Waals surface area contributed by atoms with E-state index in [1.807, 2.05) is 0 Å². The van der Waals surface area contributed by atoms with Crippen LogP contribution in [0.25, 0.3) is 0 Å². The highest BCUT2D eigenvalue weighted by Gasteiger charge is 2.28. The Labute approximate surface area is 204 Å². The number of hydrogen-bond donors (Lipinski definition) is 1. The molecule has 0 bridgehead atoms. The maximum absolute atomic E-state index is 13.9. The van der Waals surface area contributed by atoms with Gasteiger partial charge in [-0.1, -0.05) is 0 Å². The van der Waals surface area contributed by atoms with Crippen molar-refractivity contribution in [3.8, 4) is 5.75 Å². The van der Waals surface area contributed by atoms with E-state index in [-0.39, 0.29) is 11.6 Å². The average molecular weight is 553 g/mol. The predicted octanol–water partition coefficient (Wildman–Crippen LogP) is 5.75. The molecule has 6 nitrogen and oxygen atoms in total. The summed E-state index contributed by atoms with van der Waals surface area (Å²) < 4.78 is 145. The first-order valence-corrected chi connectivity index (χ1v) is 9.98. The molecule has 0 aliphatic rings. The van der Waals surface area contributed by atoms with Gasteiger partial charge in [-0.05, 0) is 12.1 Å². The van der Waals surface area contributed by atoms with Crippen LogP contribution in [-0.2, 0) is 13.2 Å². The lowest BCUT2D eigenvalue weighted by Gasteiger charge is -2.09. The Morgan fingerprint density at radius 1 is 0.763 bits per heavy atom. The molecule has 38 heavy (non-hydrogen) atoms. The van der Waals surface area contributed by atoms with Crippen molar-refractivity contribution in [2.24, 2.45) is 0 Å². The van der Waals surface area contributed by atoms with Crippen LogP contribution in [0.15, 0.2) is 28.8 Å². The van der Waals surface area contributed by atoms with Gasteiger partial charge in [0, 0.05) is 12.3 Å². The Bertz CT molecular complexity index is 1510. The van der Waals surface area contributed by atoms with E-state index in [0.717, 1.165) is 29.1 Å². The zero-order valence-electron chi connectivity index (χ0n) is 18.1. The molecule has 0 spiro atoms. The molecular formula is C22H9F10N3O3. The Hall–Kier alpha value is -4.50. The number of benzene rings is 2. The highest BCUT2D eigenvalue weighted by Crippen LogP contribution is 2.30. The monoisotopic (exact) mass is 553 g/mol. The number of carbonyl (C=O) groups excluding carboxylic acids is 1. The van der Waals surface area contributed by atoms with Crippen molar-refractivity contribution < 1.29 is 57.9 Å². The second-order valence-electron chi connectivity index (χ2n) is 7.35. The summed E-state index contributed by atoms with van der Waals surface area (Å²) in [6.45, 7) is -1.73. The van der Waals surface area contributed by atoms with Crippen LogP contribution < -0.4 is 10.1 Å². The third-order valence-electron chi connectivity index (χ3n) is 4.92. The lowest BCUT2D eigenvalue weighted by molar-refractivity contribution is 0.0991. The Balaban J connectivity index is 1.43. The molecule has 0 aliphatic carbocycles. The van der Waals surface area contributed by atoms with Crippen LogP contribution in [0.3, 0.4) is 0 Å². The standard InChI is InChI=1S/C22H9F10N3O3/c23-11-8(12(24)14(26)15(27)13(11)25)5-35-4-3-10(34-35)33-22(36)9-2-1-7(38-9)6-37-21-19(31)17(29)16(28)18(30)20(21)32/h1-4H,5-6H2,(H,33,34,36). The minimum absolute atomic E-state index is 0.241. The SMILES string of the molecule is O=C(Nc1ccn(Cc2c(F)c(F)c(F)c(F)c2F)n1)c1ccc(COc2c(F)c(F)c(F)c(F)c2F)o1. The van der Waals surface area contributed by atoms with Crippen molar-refractivity contribution in [1.29, 1.82) is 0 Å². The molecule has 0 unspecified atom stereocenters. The number of rotatable bonds is 7. The third-order valence-corrected chi connectivity index (χ3v) is 4.92. The third kappa shape index (κ3) is 4.76. The molecule has 0 saturated carbocycles. The summed E-state index contributed by atoms with van der Waals surface area (Å²) in [6.07, 6.45) is 1.05. The number of carbonyl (C=O) groups is 1. The van der Waals surface area contributed by atoms with Gasteiger partial charge < -0.3 is 14.5 Å². The summed E-state index contributed by atoms with van der Waals surface area (Å²) >= 11 is 0. The normalized spacial score (nSPS) is 11.2. The number of halogens is 10. The quantitative estimate of drug-likeness (QED) is 0.180. The van der Waals surface area contributed by atoms with Crippen molar-refractivity contribution in [3.63, 3.8) is 0 Å². The molecule has 0 atom stereocenters. The van der Waals surface area contributed by atoms with E-state index in [1.165, 1.54) is 0 Å². The Morgan fingerprint density at radius 3 is 1.87 bits per heavy atom. The average Bonchev–Trinajstić information content (AvgIpc) is 3.56. The number of anilines is 1. The summed E-state index contributed by atoms with van der Waals surface area (Å²) in [5, 5.41) is 5.91. The van der Waals surface area contributed by atoms with Gasteiger partial charge in [0.15, 0.2) is 40.6 Å². The van der Waals surface area contributed by atoms with Gasteiger partial charge in [0.2, 0.25) is 34.9 Å². The van der Waals surface area contributed by atoms with Gasteiger partial charge in [-0.2, -0.15) is 13.9 Å². The highest BCUT2D eigenvalue weighted by molar-refractivity contribution is 6.01. The zero-order chi connectivity index (χ0) is 27.9. The van der Waals surface area contributed by atoms with Crippen LogP contribution in [-0.4, -0.2) is 15.7 Å². The van der Waals surface area contributed by atoms with Crippen LogP contribution in [0.1, 0.15) is 21.9 Å². The van der Waals surface area contributed by atoms with E-state index in [2.05, 4.69) is 15.2 Å². The first kappa shape index (κ1) is 26.6. The molecule has 2 aromatic carbocycles. The molecule has 1 N–H and O–H groups in total. The first-order chi connectivity index (χ1) is 17.9. The summed E-state index contributed by atoms with van der Waals surface area (Å²) in [5.41, 5.74) is -1.17. The smallest absolute Gasteiger partial charge is 0.292 e. The number of nitrogens with one attached hydrogen (secondary N) is 1. The van der Waals surface area contributed by atoms with Crippen molar-refractivity contribution in [2.45, 2.75) is 13.2 Å². The van der Waals surface area contributed by atoms with Gasteiger partial charge in [-0.25, -0.2) is 35.1 Å². The van der Waals surface area contributed by atoms with E-state index in [1.54, 1.807) is 0 Å². The highest BCUT2D eigenvalue weighted by atomic mass is 19.2. The van der Waals surface area contributed by atoms with Crippen LogP contribution in [0.2, 0.25) is 0 Å². The van der Waals surface area contributed by atoms with Crippen molar-refractivity contribution in [3.05, 3.63) is 99.7 Å². The maximum atomic E-state index is 13.9. The molecule has 16 heteroatoms. The fraction of sp³-hybridized carbons (Fsp3) is 0.0909. The fourth-order valence-electron chi connectivity index (χ4n) is 3.08. The molecule has 200 valence electrons. The van der Waals surface area contributed by atoms with Gasteiger partial charge >= 0.3 is 0 Å². The number of ether oxygens (including phenoxy) is 1. The molecule has 2 heterocycles. The molecular weight excluding hydrogens is 544 g/mol. The van der Waals surface area contributed by atoms with Crippen molar-refractivity contribution in [1.82, 2.24) is 9.78 Å². The van der Waals surface area contributed by atoms with Crippen LogP contribution >= 0.6 is 0 Å². The van der Waals surface area contributed by atoms with Crippen LogP contribution in [0, 0.1) is 58.2 Å². The molecule has 2 aromatic heterocycles. The van der Waals surface area contributed by atoms with Crippen LogP contribution in [0.4, 0.5) is 49.7 Å². The molecule has 0 fully saturated rings. The second kappa shape index (κ2) is 10.1. The largest absolute Gasteiger partial charge is 0.479 e. The lowest BCUT2D eigenvalue weighted by atomic mass is 10.1. The van der Waals surface area contributed by atoms with Crippen molar-refractivity contribution >= 4 is 11.7 Å². The Kier molecular flexibility index (Phi) is 7.06. The molecule has 1 amide bonds. The molecule has 0 saturated heterocycles. The fourth-order valence-corrected chi connectivity index (χ4v) is 3.08. The summed E-state index contributed by atoms with van der Waals surface area (Å²) in [4.78, 5) is 12.3. The minimum Gasteiger partial charge on any atom is -0.479 e. The van der Waals surface area contributed by atoms with E-state index in [4.69, 9.17) is 4.42 Å². The van der Waals surface area contributed by atoms with Crippen molar-refractivity contribution in [2.75, 3.05) is 5.32 Å². The molecule has 4 rings (SSSR count). The van der Waals surface area contributed by atoms with Gasteiger partial charge in [0.1, 0.15) is 12.4 Å². The number of amides is 1. The number of furan rings is 1. The first-order valence-electron chi connectivity index (χ1n) is 9.98. The second-order valence-corrected chi connectivity index (χ2v) is 7.35. The lowest BCUT2D eigenvalue weighted by Crippen LogP contribution is -2.13. The predicted molar refractivity (Wildman–Crippen MR) is 105 cm³/mol. The molecule has 0 aliphatic heterocycles. The minimum atomic E-state index is -2.38.